The number of anilines is 1. The summed E-state index contributed by atoms with van der Waals surface area (Å²) in [4.78, 5) is 28.4. The third-order valence-electron chi connectivity index (χ3n) is 4.13. The van der Waals surface area contributed by atoms with Crippen LogP contribution in [0.1, 0.15) is 6.42 Å². The molecule has 1 atom stereocenters. The highest BCUT2D eigenvalue weighted by Gasteiger charge is 2.34. The van der Waals surface area contributed by atoms with E-state index in [1.54, 1.807) is 17.0 Å². The monoisotopic (exact) mass is 369 g/mol. The van der Waals surface area contributed by atoms with Crippen molar-refractivity contribution in [3.8, 4) is 11.5 Å². The van der Waals surface area contributed by atoms with Gasteiger partial charge in [0.05, 0.1) is 30.8 Å². The van der Waals surface area contributed by atoms with E-state index in [1.807, 2.05) is 19.0 Å². The number of nitrogens with zero attached hydrogens (tertiary/aromatic N) is 2. The average Bonchev–Trinajstić information content (AvgIpc) is 2.95. The Morgan fingerprint density at radius 2 is 2.00 bits per heavy atom. The van der Waals surface area contributed by atoms with Gasteiger partial charge in [0, 0.05) is 38.2 Å². The second kappa shape index (κ2) is 8.40. The molecule has 0 aromatic heterocycles. The summed E-state index contributed by atoms with van der Waals surface area (Å²) in [7, 11) is 6.89. The van der Waals surface area contributed by atoms with E-state index in [4.69, 9.17) is 21.1 Å². The third kappa shape index (κ3) is 4.76. The van der Waals surface area contributed by atoms with Gasteiger partial charge < -0.3 is 24.6 Å². The smallest absolute Gasteiger partial charge is 0.229 e. The molecule has 2 rings (SSSR count). The first-order valence-electron chi connectivity index (χ1n) is 8.00. The molecular weight excluding hydrogens is 346 g/mol. The van der Waals surface area contributed by atoms with Crippen molar-refractivity contribution in [2.45, 2.75) is 6.42 Å². The molecule has 0 saturated carbocycles. The van der Waals surface area contributed by atoms with Crippen LogP contribution >= 0.6 is 11.6 Å². The number of nitrogens with one attached hydrogen (secondary N) is 1. The molecule has 1 aliphatic rings. The van der Waals surface area contributed by atoms with Crippen LogP contribution in [0.25, 0.3) is 0 Å². The Labute approximate surface area is 152 Å². The number of rotatable bonds is 7. The number of ether oxygens (including phenoxy) is 2. The number of carbonyl (C=O) groups excluding carboxylic acids is 2. The fourth-order valence-corrected chi connectivity index (χ4v) is 2.91. The van der Waals surface area contributed by atoms with Crippen molar-refractivity contribution >= 4 is 29.1 Å². The van der Waals surface area contributed by atoms with E-state index in [0.29, 0.717) is 35.3 Å². The fourth-order valence-electron chi connectivity index (χ4n) is 2.68. The van der Waals surface area contributed by atoms with E-state index in [0.717, 1.165) is 6.54 Å². The van der Waals surface area contributed by atoms with E-state index in [-0.39, 0.29) is 24.2 Å². The summed E-state index contributed by atoms with van der Waals surface area (Å²) in [6.07, 6.45) is 0.215. The SMILES string of the molecule is COc1cc(NC(=O)C2CC(=O)N(CCN(C)C)C2)c(OC)cc1Cl. The molecule has 1 N–H and O–H groups in total. The molecule has 1 aliphatic heterocycles. The zero-order valence-corrected chi connectivity index (χ0v) is 15.7. The summed E-state index contributed by atoms with van der Waals surface area (Å²) in [6.45, 7) is 1.81. The predicted octanol–water partition coefficient (Wildman–Crippen LogP) is 1.71. The van der Waals surface area contributed by atoms with Crippen LogP contribution in [0.5, 0.6) is 11.5 Å². The quantitative estimate of drug-likeness (QED) is 0.792. The number of hydrogen-bond acceptors (Lipinski definition) is 5. The second-order valence-corrected chi connectivity index (χ2v) is 6.63. The van der Waals surface area contributed by atoms with E-state index < -0.39 is 0 Å². The minimum Gasteiger partial charge on any atom is -0.495 e. The van der Waals surface area contributed by atoms with Gasteiger partial charge in [0.15, 0.2) is 0 Å². The van der Waals surface area contributed by atoms with Crippen molar-refractivity contribution in [3.05, 3.63) is 17.2 Å². The lowest BCUT2D eigenvalue weighted by molar-refractivity contribution is -0.128. The van der Waals surface area contributed by atoms with Crippen molar-refractivity contribution in [1.82, 2.24) is 9.80 Å². The summed E-state index contributed by atoms with van der Waals surface area (Å²) in [5.41, 5.74) is 0.466. The zero-order chi connectivity index (χ0) is 18.6. The van der Waals surface area contributed by atoms with Crippen molar-refractivity contribution in [2.75, 3.05) is 53.3 Å². The standard InChI is InChI=1S/C17H24ClN3O4/c1-20(2)5-6-21-10-11(7-16(21)22)17(23)19-13-9-14(24-3)12(18)8-15(13)25-4/h8-9,11H,5-7,10H2,1-4H3,(H,19,23). The summed E-state index contributed by atoms with van der Waals surface area (Å²) >= 11 is 6.07. The highest BCUT2D eigenvalue weighted by Crippen LogP contribution is 2.36. The van der Waals surface area contributed by atoms with Gasteiger partial charge in [0.2, 0.25) is 11.8 Å². The highest BCUT2D eigenvalue weighted by molar-refractivity contribution is 6.32. The van der Waals surface area contributed by atoms with E-state index in [2.05, 4.69) is 5.32 Å². The molecule has 138 valence electrons. The van der Waals surface area contributed by atoms with Crippen LogP contribution in [0.15, 0.2) is 12.1 Å². The minimum atomic E-state index is -0.388. The van der Waals surface area contributed by atoms with Gasteiger partial charge in [-0.3, -0.25) is 9.59 Å². The first-order valence-corrected chi connectivity index (χ1v) is 8.38. The van der Waals surface area contributed by atoms with E-state index in [1.165, 1.54) is 14.2 Å². The van der Waals surface area contributed by atoms with Gasteiger partial charge in [-0.15, -0.1) is 0 Å². The Morgan fingerprint density at radius 3 is 2.60 bits per heavy atom. The van der Waals surface area contributed by atoms with E-state index >= 15 is 0 Å². The molecular formula is C17H24ClN3O4. The number of amides is 2. The molecule has 0 aliphatic carbocycles. The Kier molecular flexibility index (Phi) is 6.50. The van der Waals surface area contributed by atoms with Gasteiger partial charge in [-0.25, -0.2) is 0 Å². The molecule has 2 amide bonds. The molecule has 0 spiro atoms. The molecule has 1 heterocycles. The number of carbonyl (C=O) groups is 2. The molecule has 0 bridgehead atoms. The Hall–Kier alpha value is -1.99. The molecule has 1 unspecified atom stereocenters. The maximum absolute atomic E-state index is 12.6. The average molecular weight is 370 g/mol. The summed E-state index contributed by atoms with van der Waals surface area (Å²) in [5, 5.41) is 3.21. The number of likely N-dealkylation sites (N-methyl/N-ethyl adjacent to an activating group) is 1. The Bertz CT molecular complexity index is 651. The summed E-state index contributed by atoms with van der Waals surface area (Å²) in [6, 6.07) is 3.19. The second-order valence-electron chi connectivity index (χ2n) is 6.22. The van der Waals surface area contributed by atoms with Gasteiger partial charge in [0.25, 0.3) is 0 Å². The number of halogens is 1. The van der Waals surface area contributed by atoms with Crippen LogP contribution in [0, 0.1) is 5.92 Å². The zero-order valence-electron chi connectivity index (χ0n) is 15.0. The Morgan fingerprint density at radius 1 is 1.32 bits per heavy atom. The Balaban J connectivity index is 2.06. The molecule has 1 aromatic carbocycles. The lowest BCUT2D eigenvalue weighted by Gasteiger charge is -2.19. The van der Waals surface area contributed by atoms with Crippen molar-refractivity contribution in [2.24, 2.45) is 5.92 Å². The summed E-state index contributed by atoms with van der Waals surface area (Å²) in [5.74, 6) is 0.271. The van der Waals surface area contributed by atoms with Gasteiger partial charge >= 0.3 is 0 Å². The maximum atomic E-state index is 12.6. The number of hydrogen-bond donors (Lipinski definition) is 1. The van der Waals surface area contributed by atoms with Crippen LogP contribution in [0.2, 0.25) is 5.02 Å². The van der Waals surface area contributed by atoms with Crippen LogP contribution in [0.4, 0.5) is 5.69 Å². The number of likely N-dealkylation sites (tertiary alicyclic amines) is 1. The lowest BCUT2D eigenvalue weighted by atomic mass is 10.1. The van der Waals surface area contributed by atoms with Crippen LogP contribution in [-0.2, 0) is 9.59 Å². The first-order chi connectivity index (χ1) is 11.8. The first kappa shape index (κ1) is 19.3. The molecule has 0 radical (unpaired) electrons. The van der Waals surface area contributed by atoms with Crippen molar-refractivity contribution in [3.63, 3.8) is 0 Å². The van der Waals surface area contributed by atoms with Crippen LogP contribution in [0.3, 0.4) is 0 Å². The van der Waals surface area contributed by atoms with Crippen molar-refractivity contribution in [1.29, 1.82) is 0 Å². The van der Waals surface area contributed by atoms with Crippen LogP contribution < -0.4 is 14.8 Å². The fraction of sp³-hybridized carbons (Fsp3) is 0.529. The molecule has 1 fully saturated rings. The largest absolute Gasteiger partial charge is 0.495 e. The number of methoxy groups -OCH3 is 2. The minimum absolute atomic E-state index is 0.00246. The van der Waals surface area contributed by atoms with Gasteiger partial charge in [-0.2, -0.15) is 0 Å². The topological polar surface area (TPSA) is 71.1 Å². The van der Waals surface area contributed by atoms with Gasteiger partial charge in [-0.1, -0.05) is 11.6 Å². The normalized spacial score (nSPS) is 17.1. The van der Waals surface area contributed by atoms with Gasteiger partial charge in [-0.05, 0) is 14.1 Å². The number of benzene rings is 1. The molecule has 8 heteroatoms. The lowest BCUT2D eigenvalue weighted by Crippen LogP contribution is -2.34. The third-order valence-corrected chi connectivity index (χ3v) is 4.43. The van der Waals surface area contributed by atoms with E-state index in [9.17, 15) is 9.59 Å². The van der Waals surface area contributed by atoms with Crippen molar-refractivity contribution < 1.29 is 19.1 Å². The maximum Gasteiger partial charge on any atom is 0.229 e. The molecule has 25 heavy (non-hydrogen) atoms. The molecule has 7 nitrogen and oxygen atoms in total. The van der Waals surface area contributed by atoms with Gasteiger partial charge in [0.1, 0.15) is 11.5 Å². The highest BCUT2D eigenvalue weighted by atomic mass is 35.5. The van der Waals surface area contributed by atoms with Crippen LogP contribution in [-0.4, -0.2) is 69.6 Å². The molecule has 1 aromatic rings. The predicted molar refractivity (Wildman–Crippen MR) is 96.4 cm³/mol. The molecule has 1 saturated heterocycles. The summed E-state index contributed by atoms with van der Waals surface area (Å²) < 4.78 is 10.4.